The van der Waals surface area contributed by atoms with Crippen LogP contribution in [0.5, 0.6) is 0 Å². The zero-order valence-electron chi connectivity index (χ0n) is 6.63. The number of carbonyl (C=O) groups is 1. The smallest absolute Gasteiger partial charge is 0.294 e. The minimum Gasteiger partial charge on any atom is -0.446 e. The fourth-order valence-electron chi connectivity index (χ4n) is 1.22. The molecular formula is C7H13NO3. The Labute approximate surface area is 65.9 Å². The molecule has 0 radical (unpaired) electrons. The summed E-state index contributed by atoms with van der Waals surface area (Å²) >= 11 is 0. The van der Waals surface area contributed by atoms with Crippen molar-refractivity contribution in [1.82, 2.24) is 5.32 Å². The van der Waals surface area contributed by atoms with E-state index in [9.17, 15) is 4.79 Å². The highest BCUT2D eigenvalue weighted by Crippen LogP contribution is 2.20. The van der Waals surface area contributed by atoms with Crippen molar-refractivity contribution in [2.75, 3.05) is 20.3 Å². The fourth-order valence-corrected chi connectivity index (χ4v) is 1.22. The molecule has 0 aromatic carbocycles. The van der Waals surface area contributed by atoms with E-state index < -0.39 is 5.72 Å². The monoisotopic (exact) mass is 159 g/mol. The third-order valence-electron chi connectivity index (χ3n) is 2.03. The summed E-state index contributed by atoms with van der Waals surface area (Å²) in [6, 6.07) is 0. The van der Waals surface area contributed by atoms with Gasteiger partial charge in [0.15, 0.2) is 5.72 Å². The Bertz CT molecular complexity index is 132. The molecule has 0 aromatic heterocycles. The van der Waals surface area contributed by atoms with Gasteiger partial charge < -0.3 is 9.47 Å². The van der Waals surface area contributed by atoms with E-state index in [-0.39, 0.29) is 0 Å². The number of hydrogen-bond acceptors (Lipinski definition) is 4. The molecule has 11 heavy (non-hydrogen) atoms. The van der Waals surface area contributed by atoms with Crippen molar-refractivity contribution in [3.8, 4) is 0 Å². The van der Waals surface area contributed by atoms with Crippen LogP contribution in [0.3, 0.4) is 0 Å². The van der Waals surface area contributed by atoms with Gasteiger partial charge in [0.05, 0.1) is 13.2 Å². The molecule has 0 saturated carbocycles. The fraction of sp³-hybridized carbons (Fsp3) is 0.857. The summed E-state index contributed by atoms with van der Waals surface area (Å²) in [5, 5.41) is 2.98. The first-order chi connectivity index (χ1) is 5.33. The molecule has 0 aromatic rings. The average Bonchev–Trinajstić information content (AvgIpc) is 2.07. The van der Waals surface area contributed by atoms with E-state index in [1.165, 1.54) is 0 Å². The van der Waals surface area contributed by atoms with E-state index in [0.717, 1.165) is 12.8 Å². The van der Waals surface area contributed by atoms with Gasteiger partial charge in [0.1, 0.15) is 0 Å². The standard InChI is InChI=1S/C7H13NO3/c1-8-7(11-6-9)2-4-10-5-3-7/h6,8H,2-5H2,1H3. The van der Waals surface area contributed by atoms with Crippen molar-refractivity contribution in [2.45, 2.75) is 18.6 Å². The lowest BCUT2D eigenvalue weighted by Gasteiger charge is -2.34. The van der Waals surface area contributed by atoms with Crippen molar-refractivity contribution in [3.05, 3.63) is 0 Å². The van der Waals surface area contributed by atoms with E-state index in [1.54, 1.807) is 7.05 Å². The minimum absolute atomic E-state index is 0.472. The molecule has 4 heteroatoms. The number of carbonyl (C=O) groups excluding carboxylic acids is 1. The molecule has 0 aliphatic carbocycles. The molecule has 0 unspecified atom stereocenters. The second kappa shape index (κ2) is 3.69. The molecule has 1 aliphatic heterocycles. The van der Waals surface area contributed by atoms with Crippen LogP contribution in [0.4, 0.5) is 0 Å². The summed E-state index contributed by atoms with van der Waals surface area (Å²) in [6.45, 7) is 1.78. The second-order valence-corrected chi connectivity index (χ2v) is 2.57. The number of rotatable bonds is 3. The van der Waals surface area contributed by atoms with Crippen LogP contribution in [-0.2, 0) is 14.3 Å². The van der Waals surface area contributed by atoms with Crippen LogP contribution in [0.15, 0.2) is 0 Å². The molecule has 1 saturated heterocycles. The van der Waals surface area contributed by atoms with Gasteiger partial charge in [0.25, 0.3) is 6.47 Å². The molecule has 1 heterocycles. The Morgan fingerprint density at radius 1 is 1.55 bits per heavy atom. The number of nitrogens with one attached hydrogen (secondary N) is 1. The van der Waals surface area contributed by atoms with Gasteiger partial charge in [0, 0.05) is 12.8 Å². The molecule has 1 N–H and O–H groups in total. The summed E-state index contributed by atoms with van der Waals surface area (Å²) in [4.78, 5) is 10.1. The van der Waals surface area contributed by atoms with Crippen molar-refractivity contribution in [1.29, 1.82) is 0 Å². The first-order valence-electron chi connectivity index (χ1n) is 3.71. The molecule has 0 amide bonds. The summed E-state index contributed by atoms with van der Waals surface area (Å²) in [5.74, 6) is 0. The Morgan fingerprint density at radius 3 is 2.64 bits per heavy atom. The lowest BCUT2D eigenvalue weighted by Crippen LogP contribution is -2.49. The maximum Gasteiger partial charge on any atom is 0.294 e. The Kier molecular flexibility index (Phi) is 2.84. The van der Waals surface area contributed by atoms with Gasteiger partial charge in [-0.1, -0.05) is 0 Å². The third kappa shape index (κ3) is 1.91. The minimum atomic E-state index is -0.472. The maximum atomic E-state index is 10.1. The highest BCUT2D eigenvalue weighted by atomic mass is 16.6. The van der Waals surface area contributed by atoms with Gasteiger partial charge in [-0.2, -0.15) is 0 Å². The Balaban J connectivity index is 2.49. The molecule has 0 bridgehead atoms. The maximum absolute atomic E-state index is 10.1. The normalized spacial score (nSPS) is 22.6. The SMILES string of the molecule is CNC1(OC=O)CCOCC1. The molecular weight excluding hydrogens is 146 g/mol. The first-order valence-corrected chi connectivity index (χ1v) is 3.71. The van der Waals surface area contributed by atoms with Crippen LogP contribution < -0.4 is 5.32 Å². The topological polar surface area (TPSA) is 47.6 Å². The molecule has 0 spiro atoms. The molecule has 4 nitrogen and oxygen atoms in total. The van der Waals surface area contributed by atoms with Crippen molar-refractivity contribution in [2.24, 2.45) is 0 Å². The highest BCUT2D eigenvalue weighted by molar-refractivity contribution is 5.38. The van der Waals surface area contributed by atoms with Gasteiger partial charge in [-0.15, -0.1) is 0 Å². The van der Waals surface area contributed by atoms with Crippen molar-refractivity contribution >= 4 is 6.47 Å². The quantitative estimate of drug-likeness (QED) is 0.461. The molecule has 1 fully saturated rings. The van der Waals surface area contributed by atoms with Crippen LogP contribution in [0.25, 0.3) is 0 Å². The highest BCUT2D eigenvalue weighted by Gasteiger charge is 2.32. The summed E-state index contributed by atoms with van der Waals surface area (Å²) in [6.07, 6.45) is 1.45. The van der Waals surface area contributed by atoms with Crippen molar-refractivity contribution < 1.29 is 14.3 Å². The van der Waals surface area contributed by atoms with Crippen LogP contribution >= 0.6 is 0 Å². The first kappa shape index (κ1) is 8.49. The van der Waals surface area contributed by atoms with E-state index in [2.05, 4.69) is 5.32 Å². The largest absolute Gasteiger partial charge is 0.446 e. The van der Waals surface area contributed by atoms with Gasteiger partial charge in [-0.25, -0.2) is 0 Å². The van der Waals surface area contributed by atoms with Crippen LogP contribution in [0.1, 0.15) is 12.8 Å². The molecule has 1 rings (SSSR count). The predicted octanol–water partition coefficient (Wildman–Crippen LogP) is -0.115. The molecule has 0 atom stereocenters. The second-order valence-electron chi connectivity index (χ2n) is 2.57. The molecule has 1 aliphatic rings. The third-order valence-corrected chi connectivity index (χ3v) is 2.03. The summed E-state index contributed by atoms with van der Waals surface area (Å²) in [5.41, 5.74) is -0.472. The van der Waals surface area contributed by atoms with Gasteiger partial charge in [-0.05, 0) is 7.05 Å². The lowest BCUT2D eigenvalue weighted by atomic mass is 10.1. The Hall–Kier alpha value is -0.610. The van der Waals surface area contributed by atoms with Crippen molar-refractivity contribution in [3.63, 3.8) is 0 Å². The van der Waals surface area contributed by atoms with E-state index in [4.69, 9.17) is 9.47 Å². The number of ether oxygens (including phenoxy) is 2. The zero-order chi connectivity index (χ0) is 8.16. The predicted molar refractivity (Wildman–Crippen MR) is 39.0 cm³/mol. The zero-order valence-corrected chi connectivity index (χ0v) is 6.63. The van der Waals surface area contributed by atoms with Crippen LogP contribution in [0, 0.1) is 0 Å². The van der Waals surface area contributed by atoms with E-state index in [1.807, 2.05) is 0 Å². The Morgan fingerprint density at radius 2 is 2.18 bits per heavy atom. The van der Waals surface area contributed by atoms with E-state index in [0.29, 0.717) is 19.7 Å². The van der Waals surface area contributed by atoms with Gasteiger partial charge in [0.2, 0.25) is 0 Å². The van der Waals surface area contributed by atoms with Crippen LogP contribution in [-0.4, -0.2) is 32.5 Å². The van der Waals surface area contributed by atoms with Crippen LogP contribution in [0.2, 0.25) is 0 Å². The summed E-state index contributed by atoms with van der Waals surface area (Å²) < 4.78 is 10.1. The van der Waals surface area contributed by atoms with Gasteiger partial charge >= 0.3 is 0 Å². The average molecular weight is 159 g/mol. The number of hydrogen-bond donors (Lipinski definition) is 1. The molecule has 64 valence electrons. The lowest BCUT2D eigenvalue weighted by molar-refractivity contribution is -0.158. The van der Waals surface area contributed by atoms with E-state index >= 15 is 0 Å². The van der Waals surface area contributed by atoms with Gasteiger partial charge in [-0.3, -0.25) is 10.1 Å². The summed E-state index contributed by atoms with van der Waals surface area (Å²) in [7, 11) is 1.79.